The summed E-state index contributed by atoms with van der Waals surface area (Å²) < 4.78 is 11.7. The molecule has 2 aromatic carbocycles. The first-order valence-electron chi connectivity index (χ1n) is 8.25. The van der Waals surface area contributed by atoms with Crippen LogP contribution in [0.15, 0.2) is 41.5 Å². The number of halogens is 1. The molecule has 1 aliphatic rings. The topological polar surface area (TPSA) is 66.8 Å². The fourth-order valence-corrected chi connectivity index (χ4v) is 4.27. The third-order valence-electron chi connectivity index (χ3n) is 4.39. The van der Waals surface area contributed by atoms with Crippen molar-refractivity contribution in [3.05, 3.63) is 72.1 Å². The molecule has 0 spiro atoms. The molecule has 0 unspecified atom stereocenters. The van der Waals surface area contributed by atoms with Gasteiger partial charge in [0, 0.05) is 28.1 Å². The predicted octanol–water partition coefficient (Wildman–Crippen LogP) is 4.03. The van der Waals surface area contributed by atoms with Gasteiger partial charge in [0.25, 0.3) is 0 Å². The number of rotatable bonds is 4. The Bertz CT molecular complexity index is 1270. The molecule has 3 aromatic rings. The summed E-state index contributed by atoms with van der Waals surface area (Å²) in [7, 11) is 3.19. The van der Waals surface area contributed by atoms with E-state index in [0.717, 1.165) is 21.9 Å². The molecule has 0 radical (unpaired) electrons. The fourth-order valence-electron chi connectivity index (χ4n) is 3.10. The molecular formula is C20H15ClN2O3S2. The molecule has 1 aliphatic heterocycles. The van der Waals surface area contributed by atoms with Crippen molar-refractivity contribution >= 4 is 46.8 Å². The van der Waals surface area contributed by atoms with E-state index in [1.807, 2.05) is 36.4 Å². The number of hydrogen-bond donors (Lipinski definition) is 2. The molecule has 0 saturated heterocycles. The summed E-state index contributed by atoms with van der Waals surface area (Å²) in [4.78, 5) is 7.96. The van der Waals surface area contributed by atoms with Crippen molar-refractivity contribution in [2.24, 2.45) is 4.99 Å². The number of benzene rings is 2. The number of thiazole rings is 1. The molecule has 8 heteroatoms. The van der Waals surface area contributed by atoms with E-state index >= 15 is 0 Å². The van der Waals surface area contributed by atoms with Crippen LogP contribution in [-0.2, 0) is 0 Å². The standard InChI is InChI=1S/C20H15ClN2O3S2/c1-25-14-8-15(26-2)17-13(10-3-5-11(21)6-4-10)9-22-18(17)12(14)7-16-19(24)23-20(27)28-16/h3-9,24H,1-2H3,(H,23,27)/b12-7+. The molecule has 0 fully saturated rings. The van der Waals surface area contributed by atoms with Crippen molar-refractivity contribution in [1.82, 2.24) is 4.98 Å². The van der Waals surface area contributed by atoms with Crippen LogP contribution in [0.1, 0.15) is 16.0 Å². The summed E-state index contributed by atoms with van der Waals surface area (Å²) in [6.07, 6.45) is 3.61. The highest BCUT2D eigenvalue weighted by atomic mass is 35.5. The van der Waals surface area contributed by atoms with Crippen LogP contribution in [0.2, 0.25) is 5.02 Å². The molecule has 1 aromatic heterocycles. The van der Waals surface area contributed by atoms with Crippen molar-refractivity contribution in [2.45, 2.75) is 0 Å². The van der Waals surface area contributed by atoms with E-state index in [2.05, 4.69) is 9.98 Å². The van der Waals surface area contributed by atoms with Crippen LogP contribution < -0.4 is 20.0 Å². The Morgan fingerprint density at radius 1 is 1.18 bits per heavy atom. The Labute approximate surface area is 174 Å². The van der Waals surface area contributed by atoms with Gasteiger partial charge in [-0.1, -0.05) is 23.7 Å². The van der Waals surface area contributed by atoms with Crippen molar-refractivity contribution < 1.29 is 14.6 Å². The number of nitrogens with zero attached hydrogens (tertiary/aromatic N) is 1. The number of H-pyrrole nitrogens is 1. The van der Waals surface area contributed by atoms with Crippen LogP contribution in [0.4, 0.5) is 0 Å². The minimum atomic E-state index is 0.0190. The summed E-state index contributed by atoms with van der Waals surface area (Å²) in [5, 5.41) is 12.2. The van der Waals surface area contributed by atoms with Gasteiger partial charge in [0.2, 0.25) is 5.88 Å². The summed E-state index contributed by atoms with van der Waals surface area (Å²) in [6.45, 7) is 0. The van der Waals surface area contributed by atoms with Gasteiger partial charge in [-0.25, -0.2) is 0 Å². The smallest absolute Gasteiger partial charge is 0.207 e. The first kappa shape index (κ1) is 18.7. The van der Waals surface area contributed by atoms with E-state index in [1.54, 1.807) is 20.4 Å². The lowest BCUT2D eigenvalue weighted by Gasteiger charge is -2.12. The third-order valence-corrected chi connectivity index (χ3v) is 5.81. The van der Waals surface area contributed by atoms with Crippen LogP contribution in [-0.4, -0.2) is 24.3 Å². The van der Waals surface area contributed by atoms with E-state index in [9.17, 15) is 5.11 Å². The van der Waals surface area contributed by atoms with Gasteiger partial charge in [0.05, 0.1) is 30.0 Å². The monoisotopic (exact) mass is 430 g/mol. The van der Waals surface area contributed by atoms with Gasteiger partial charge >= 0.3 is 0 Å². The van der Waals surface area contributed by atoms with Crippen LogP contribution in [0.25, 0.3) is 11.6 Å². The van der Waals surface area contributed by atoms with Gasteiger partial charge in [0.1, 0.15) is 11.5 Å². The van der Waals surface area contributed by atoms with Gasteiger partial charge in [0.15, 0.2) is 3.95 Å². The second-order valence-electron chi connectivity index (χ2n) is 5.97. The highest BCUT2D eigenvalue weighted by Gasteiger charge is 2.21. The lowest BCUT2D eigenvalue weighted by molar-refractivity contribution is 0.390. The van der Waals surface area contributed by atoms with Gasteiger partial charge in [-0.2, -0.15) is 0 Å². The highest BCUT2D eigenvalue weighted by molar-refractivity contribution is 7.73. The zero-order valence-corrected chi connectivity index (χ0v) is 17.3. The zero-order valence-electron chi connectivity index (χ0n) is 14.9. The Morgan fingerprint density at radius 3 is 2.50 bits per heavy atom. The average Bonchev–Trinajstić information content (AvgIpc) is 3.26. The van der Waals surface area contributed by atoms with Crippen LogP contribution >= 0.6 is 35.2 Å². The van der Waals surface area contributed by atoms with Crippen molar-refractivity contribution in [1.29, 1.82) is 0 Å². The molecule has 0 bridgehead atoms. The number of methoxy groups -OCH3 is 2. The van der Waals surface area contributed by atoms with Crippen LogP contribution in [0.5, 0.6) is 17.4 Å². The minimum Gasteiger partial charge on any atom is -0.496 e. The number of aromatic amines is 1. The molecule has 4 rings (SSSR count). The lowest BCUT2D eigenvalue weighted by atomic mass is 9.97. The number of ether oxygens (including phenoxy) is 2. The van der Waals surface area contributed by atoms with Gasteiger partial charge in [-0.3, -0.25) is 4.99 Å². The maximum absolute atomic E-state index is 10.1. The number of aromatic nitrogens is 1. The maximum atomic E-state index is 10.1. The van der Waals surface area contributed by atoms with Crippen molar-refractivity contribution in [3.8, 4) is 17.4 Å². The summed E-state index contributed by atoms with van der Waals surface area (Å²) >= 11 is 12.4. The van der Waals surface area contributed by atoms with E-state index in [-0.39, 0.29) is 5.88 Å². The highest BCUT2D eigenvalue weighted by Crippen LogP contribution is 2.33. The fraction of sp³-hybridized carbons (Fsp3) is 0.100. The molecule has 142 valence electrons. The normalized spacial score (nSPS) is 13.1. The molecule has 0 amide bonds. The molecule has 5 nitrogen and oxygen atoms in total. The molecule has 0 aliphatic carbocycles. The Kier molecular flexibility index (Phi) is 4.97. The molecule has 0 saturated carbocycles. The van der Waals surface area contributed by atoms with E-state index in [0.29, 0.717) is 30.7 Å². The SMILES string of the molecule is COc1cc(OC)/c(=C\c2sc(=S)[nH]c2O)c2c1C(c1ccc(Cl)cc1)=CN=2. The van der Waals surface area contributed by atoms with Crippen LogP contribution in [0, 0.1) is 3.95 Å². The second-order valence-corrected chi connectivity index (χ2v) is 8.12. The van der Waals surface area contributed by atoms with Gasteiger partial charge in [-0.15, -0.1) is 11.3 Å². The summed E-state index contributed by atoms with van der Waals surface area (Å²) in [6, 6.07) is 9.37. The molecule has 28 heavy (non-hydrogen) atoms. The van der Waals surface area contributed by atoms with Gasteiger partial charge in [-0.05, 0) is 36.0 Å². The number of aromatic hydroxyl groups is 1. The number of fused-ring (bicyclic) bond motifs is 1. The first-order valence-corrected chi connectivity index (χ1v) is 9.85. The van der Waals surface area contributed by atoms with E-state index < -0.39 is 0 Å². The maximum Gasteiger partial charge on any atom is 0.207 e. The Hall–Kier alpha value is -2.61. The third kappa shape index (κ3) is 3.22. The largest absolute Gasteiger partial charge is 0.496 e. The molecular weight excluding hydrogens is 416 g/mol. The first-order chi connectivity index (χ1) is 13.5. The lowest BCUT2D eigenvalue weighted by Crippen LogP contribution is -2.29. The van der Waals surface area contributed by atoms with E-state index in [1.165, 1.54) is 11.3 Å². The molecule has 2 N–H and O–H groups in total. The van der Waals surface area contributed by atoms with Gasteiger partial charge < -0.3 is 19.6 Å². The Morgan fingerprint density at radius 2 is 1.89 bits per heavy atom. The summed E-state index contributed by atoms with van der Waals surface area (Å²) in [5.74, 6) is 1.26. The quantitative estimate of drug-likeness (QED) is 0.613. The van der Waals surface area contributed by atoms with Crippen LogP contribution in [0.3, 0.4) is 0 Å². The van der Waals surface area contributed by atoms with E-state index in [4.69, 9.17) is 33.3 Å². The van der Waals surface area contributed by atoms with Crippen molar-refractivity contribution in [3.63, 3.8) is 0 Å². The number of hydrogen-bond acceptors (Lipinski definition) is 6. The molecule has 2 heterocycles. The Balaban J connectivity index is 1.99. The van der Waals surface area contributed by atoms with Crippen molar-refractivity contribution in [2.75, 3.05) is 14.2 Å². The minimum absolute atomic E-state index is 0.0190. The average molecular weight is 431 g/mol. The number of nitrogens with one attached hydrogen (secondary N) is 1. The summed E-state index contributed by atoms with van der Waals surface area (Å²) in [5.41, 5.74) is 2.75. The second kappa shape index (κ2) is 7.43. The zero-order chi connectivity index (χ0) is 19.8. The molecule has 0 atom stereocenters. The predicted molar refractivity (Wildman–Crippen MR) is 114 cm³/mol.